The minimum atomic E-state index is 0.230. The number of fused-ring (bicyclic) bond motifs is 1. The number of nitrogens with one attached hydrogen (secondary N) is 1. The van der Waals surface area contributed by atoms with Gasteiger partial charge in [-0.25, -0.2) is 0 Å². The number of aromatic nitrogens is 1. The van der Waals surface area contributed by atoms with Crippen LogP contribution in [0, 0.1) is 12.8 Å². The number of aryl methyl sites for hydroxylation is 1. The molecule has 1 amide bonds. The zero-order valence-electron chi connectivity index (χ0n) is 10.7. The van der Waals surface area contributed by atoms with Crippen molar-refractivity contribution in [3.63, 3.8) is 0 Å². The van der Waals surface area contributed by atoms with Crippen LogP contribution >= 0.6 is 0 Å². The lowest BCUT2D eigenvalue weighted by molar-refractivity contribution is -0.131. The molecule has 2 aliphatic rings. The summed E-state index contributed by atoms with van der Waals surface area (Å²) < 4.78 is 0. The molecule has 18 heavy (non-hydrogen) atoms. The van der Waals surface area contributed by atoms with Crippen molar-refractivity contribution in [2.45, 2.75) is 25.8 Å². The molecule has 0 radical (unpaired) electrons. The average molecular weight is 245 g/mol. The maximum Gasteiger partial charge on any atom is 0.228 e. The second kappa shape index (κ2) is 4.69. The Morgan fingerprint density at radius 1 is 1.56 bits per heavy atom. The van der Waals surface area contributed by atoms with Crippen LogP contribution in [0.25, 0.3) is 0 Å². The number of carbonyl (C=O) groups excluding carboxylic acids is 1. The Kier molecular flexibility index (Phi) is 3.04. The highest BCUT2D eigenvalue weighted by Gasteiger charge is 2.39. The van der Waals surface area contributed by atoms with Crippen molar-refractivity contribution in [3.8, 4) is 0 Å². The number of hydrogen-bond acceptors (Lipinski definition) is 3. The summed E-state index contributed by atoms with van der Waals surface area (Å²) in [6.07, 6.45) is 3.35. The second-order valence-electron chi connectivity index (χ2n) is 5.31. The van der Waals surface area contributed by atoms with Crippen LogP contribution in [-0.2, 0) is 11.2 Å². The van der Waals surface area contributed by atoms with Crippen molar-refractivity contribution in [3.05, 3.63) is 29.6 Å². The van der Waals surface area contributed by atoms with Crippen molar-refractivity contribution in [1.29, 1.82) is 0 Å². The summed E-state index contributed by atoms with van der Waals surface area (Å²) in [4.78, 5) is 18.7. The van der Waals surface area contributed by atoms with Crippen LogP contribution in [0.15, 0.2) is 18.3 Å². The normalized spacial score (nSPS) is 26.4. The summed E-state index contributed by atoms with van der Waals surface area (Å²) in [6.45, 7) is 4.95. The van der Waals surface area contributed by atoms with E-state index in [1.165, 1.54) is 0 Å². The van der Waals surface area contributed by atoms with Crippen LogP contribution in [0.2, 0.25) is 0 Å². The van der Waals surface area contributed by atoms with E-state index in [2.05, 4.69) is 15.2 Å². The molecule has 1 N–H and O–H groups in total. The number of likely N-dealkylation sites (tertiary alicyclic amines) is 1. The fourth-order valence-electron chi connectivity index (χ4n) is 3.11. The maximum absolute atomic E-state index is 12.4. The molecule has 96 valence electrons. The molecular weight excluding hydrogens is 226 g/mol. The van der Waals surface area contributed by atoms with Gasteiger partial charge in [-0.1, -0.05) is 6.07 Å². The largest absolute Gasteiger partial charge is 0.338 e. The molecule has 3 rings (SSSR count). The minimum Gasteiger partial charge on any atom is -0.338 e. The predicted molar refractivity (Wildman–Crippen MR) is 69.2 cm³/mol. The lowest BCUT2D eigenvalue weighted by atomic mass is 10.0. The van der Waals surface area contributed by atoms with Crippen LogP contribution in [0.1, 0.15) is 17.7 Å². The van der Waals surface area contributed by atoms with Crippen molar-refractivity contribution >= 4 is 5.91 Å². The molecule has 0 bridgehead atoms. The molecule has 0 spiro atoms. The average Bonchev–Trinajstić information content (AvgIpc) is 2.93. The van der Waals surface area contributed by atoms with Gasteiger partial charge in [-0.2, -0.15) is 0 Å². The van der Waals surface area contributed by atoms with Gasteiger partial charge in [0.05, 0.1) is 12.1 Å². The maximum atomic E-state index is 12.4. The van der Waals surface area contributed by atoms with Gasteiger partial charge in [-0.3, -0.25) is 9.78 Å². The van der Waals surface area contributed by atoms with Crippen molar-refractivity contribution in [2.24, 2.45) is 5.92 Å². The summed E-state index contributed by atoms with van der Waals surface area (Å²) in [5.41, 5.74) is 2.02. The van der Waals surface area contributed by atoms with E-state index < -0.39 is 0 Å². The third-order valence-corrected chi connectivity index (χ3v) is 4.20. The van der Waals surface area contributed by atoms with Gasteiger partial charge in [-0.15, -0.1) is 0 Å². The van der Waals surface area contributed by atoms with E-state index in [4.69, 9.17) is 0 Å². The van der Waals surface area contributed by atoms with Gasteiger partial charge in [0, 0.05) is 31.9 Å². The molecule has 3 heterocycles. The molecule has 2 atom stereocenters. The Bertz CT molecular complexity index is 460. The molecule has 4 nitrogen and oxygen atoms in total. The van der Waals surface area contributed by atoms with E-state index >= 15 is 0 Å². The van der Waals surface area contributed by atoms with Gasteiger partial charge in [0.25, 0.3) is 0 Å². The van der Waals surface area contributed by atoms with Crippen molar-refractivity contribution in [1.82, 2.24) is 15.2 Å². The standard InChI is InChI=1S/C14H19N3O/c1-10-3-2-5-16-12(10)7-14(18)17-6-4-11-8-15-9-13(11)17/h2-3,5,11,13,15H,4,6-9H2,1H3/t11-,13+/m0/s1. The Morgan fingerprint density at radius 2 is 2.44 bits per heavy atom. The first-order valence-electron chi connectivity index (χ1n) is 6.66. The Balaban J connectivity index is 1.70. The summed E-state index contributed by atoms with van der Waals surface area (Å²) in [5, 5.41) is 3.37. The number of rotatable bonds is 2. The third-order valence-electron chi connectivity index (χ3n) is 4.20. The van der Waals surface area contributed by atoms with E-state index in [0.717, 1.165) is 37.3 Å². The molecule has 0 aliphatic carbocycles. The van der Waals surface area contributed by atoms with E-state index in [9.17, 15) is 4.79 Å². The quantitative estimate of drug-likeness (QED) is 0.836. The first kappa shape index (κ1) is 11.7. The van der Waals surface area contributed by atoms with Crippen LogP contribution in [-0.4, -0.2) is 41.5 Å². The predicted octanol–water partition coefficient (Wildman–Crippen LogP) is 0.753. The molecule has 1 aromatic heterocycles. The monoisotopic (exact) mass is 245 g/mol. The number of carbonyl (C=O) groups is 1. The molecule has 2 aliphatic heterocycles. The molecule has 2 saturated heterocycles. The van der Waals surface area contributed by atoms with Gasteiger partial charge in [-0.05, 0) is 30.9 Å². The fourth-order valence-corrected chi connectivity index (χ4v) is 3.11. The van der Waals surface area contributed by atoms with Crippen LogP contribution < -0.4 is 5.32 Å². The fraction of sp³-hybridized carbons (Fsp3) is 0.571. The summed E-state index contributed by atoms with van der Waals surface area (Å²) in [7, 11) is 0. The number of hydrogen-bond donors (Lipinski definition) is 1. The first-order chi connectivity index (χ1) is 8.75. The summed E-state index contributed by atoms with van der Waals surface area (Å²) in [5.74, 6) is 0.895. The van der Waals surface area contributed by atoms with E-state index in [0.29, 0.717) is 18.4 Å². The number of amides is 1. The van der Waals surface area contributed by atoms with Crippen molar-refractivity contribution < 1.29 is 4.79 Å². The molecule has 0 aromatic carbocycles. The van der Waals surface area contributed by atoms with Gasteiger partial charge >= 0.3 is 0 Å². The highest BCUT2D eigenvalue weighted by Crippen LogP contribution is 2.27. The number of pyridine rings is 1. The van der Waals surface area contributed by atoms with Crippen LogP contribution in [0.3, 0.4) is 0 Å². The second-order valence-corrected chi connectivity index (χ2v) is 5.31. The van der Waals surface area contributed by atoms with E-state index in [-0.39, 0.29) is 5.91 Å². The van der Waals surface area contributed by atoms with E-state index in [1.807, 2.05) is 19.1 Å². The van der Waals surface area contributed by atoms with Crippen molar-refractivity contribution in [2.75, 3.05) is 19.6 Å². The van der Waals surface area contributed by atoms with Crippen LogP contribution in [0.5, 0.6) is 0 Å². The highest BCUT2D eigenvalue weighted by molar-refractivity contribution is 5.79. The van der Waals surface area contributed by atoms with Gasteiger partial charge in [0.1, 0.15) is 0 Å². The van der Waals surface area contributed by atoms with Gasteiger partial charge in [0.15, 0.2) is 0 Å². The first-order valence-corrected chi connectivity index (χ1v) is 6.66. The third kappa shape index (κ3) is 2.01. The molecule has 2 fully saturated rings. The van der Waals surface area contributed by atoms with Crippen LogP contribution in [0.4, 0.5) is 0 Å². The lowest BCUT2D eigenvalue weighted by Crippen LogP contribution is -2.40. The SMILES string of the molecule is Cc1cccnc1CC(=O)N1CC[C@H]2CNC[C@H]21. The lowest BCUT2D eigenvalue weighted by Gasteiger charge is -2.23. The zero-order valence-corrected chi connectivity index (χ0v) is 10.7. The Morgan fingerprint density at radius 3 is 3.28 bits per heavy atom. The molecule has 1 aromatic rings. The highest BCUT2D eigenvalue weighted by atomic mass is 16.2. The van der Waals surface area contributed by atoms with Gasteiger partial charge in [0.2, 0.25) is 5.91 Å². The topological polar surface area (TPSA) is 45.2 Å². The minimum absolute atomic E-state index is 0.230. The molecule has 0 unspecified atom stereocenters. The smallest absolute Gasteiger partial charge is 0.228 e. The summed E-state index contributed by atoms with van der Waals surface area (Å²) in [6, 6.07) is 4.34. The summed E-state index contributed by atoms with van der Waals surface area (Å²) >= 11 is 0. The molecular formula is C14H19N3O. The molecule has 0 saturated carbocycles. The molecule has 4 heteroatoms. The Hall–Kier alpha value is -1.42. The van der Waals surface area contributed by atoms with Gasteiger partial charge < -0.3 is 10.2 Å². The number of nitrogens with zero attached hydrogens (tertiary/aromatic N) is 2. The zero-order chi connectivity index (χ0) is 12.5. The van der Waals surface area contributed by atoms with E-state index in [1.54, 1.807) is 6.20 Å². The Labute approximate surface area is 107 Å².